The van der Waals surface area contributed by atoms with Gasteiger partial charge in [-0.2, -0.15) is 0 Å². The summed E-state index contributed by atoms with van der Waals surface area (Å²) in [5.74, 6) is 0. The van der Waals surface area contributed by atoms with Gasteiger partial charge in [0.25, 0.3) is 0 Å². The van der Waals surface area contributed by atoms with Gasteiger partial charge in [-0.3, -0.25) is 0 Å². The van der Waals surface area contributed by atoms with E-state index in [2.05, 4.69) is 13.2 Å². The lowest BCUT2D eigenvalue weighted by atomic mass is 10.0. The van der Waals surface area contributed by atoms with Crippen LogP contribution in [-0.2, 0) is 4.74 Å². The summed E-state index contributed by atoms with van der Waals surface area (Å²) in [4.78, 5) is 0. The van der Waals surface area contributed by atoms with Crippen molar-refractivity contribution in [3.63, 3.8) is 0 Å². The summed E-state index contributed by atoms with van der Waals surface area (Å²) in [6, 6.07) is 0. The molecule has 2 unspecified atom stereocenters. The topological polar surface area (TPSA) is 9.23 Å². The standard InChI is InChI=1S/C9H14O.C2H6.2CH4/c1-3-8-6-5-7-9(4-2)10-8;1-2;;/h3-4,8-9H,1-2,5-7H2;1-2H3;2*1H4. The third-order valence-electron chi connectivity index (χ3n) is 1.85. The molecule has 0 saturated carbocycles. The van der Waals surface area contributed by atoms with Crippen molar-refractivity contribution in [3.8, 4) is 0 Å². The van der Waals surface area contributed by atoms with Crippen molar-refractivity contribution in [2.24, 2.45) is 0 Å². The predicted molar refractivity (Wildman–Crippen MR) is 67.7 cm³/mol. The Kier molecular flexibility index (Phi) is 17.0. The molecule has 0 amide bonds. The van der Waals surface area contributed by atoms with E-state index < -0.39 is 0 Å². The van der Waals surface area contributed by atoms with Gasteiger partial charge in [-0.15, -0.1) is 13.2 Å². The van der Waals surface area contributed by atoms with Crippen molar-refractivity contribution in [1.82, 2.24) is 0 Å². The maximum absolute atomic E-state index is 5.55. The third kappa shape index (κ3) is 6.90. The average Bonchev–Trinajstić information content (AvgIpc) is 2.21. The molecule has 1 fully saturated rings. The summed E-state index contributed by atoms with van der Waals surface area (Å²) in [6.45, 7) is 11.4. The molecule has 1 heteroatoms. The molecule has 1 rings (SSSR count). The van der Waals surface area contributed by atoms with Crippen LogP contribution in [0.4, 0.5) is 0 Å². The quantitative estimate of drug-likeness (QED) is 0.592. The first-order chi connectivity index (χ1) is 5.86. The van der Waals surface area contributed by atoms with Crippen LogP contribution >= 0.6 is 0 Å². The first-order valence-corrected chi connectivity index (χ1v) is 4.77. The molecule has 14 heavy (non-hydrogen) atoms. The summed E-state index contributed by atoms with van der Waals surface area (Å²) < 4.78 is 5.55. The predicted octanol–water partition coefficient (Wildman–Crippen LogP) is 4.59. The van der Waals surface area contributed by atoms with Crippen LogP contribution in [0.1, 0.15) is 48.0 Å². The summed E-state index contributed by atoms with van der Waals surface area (Å²) in [7, 11) is 0. The lowest BCUT2D eigenvalue weighted by Gasteiger charge is -2.25. The highest BCUT2D eigenvalue weighted by Gasteiger charge is 2.16. The Morgan fingerprint density at radius 2 is 1.36 bits per heavy atom. The molecule has 0 aromatic carbocycles. The van der Waals surface area contributed by atoms with E-state index in [4.69, 9.17) is 4.74 Å². The number of rotatable bonds is 2. The second kappa shape index (κ2) is 12.4. The normalized spacial score (nSPS) is 24.1. The largest absolute Gasteiger partial charge is 0.367 e. The van der Waals surface area contributed by atoms with Crippen molar-refractivity contribution < 1.29 is 4.74 Å². The Morgan fingerprint density at radius 1 is 1.00 bits per heavy atom. The second-order valence-corrected chi connectivity index (χ2v) is 2.62. The highest BCUT2D eigenvalue weighted by molar-refractivity contribution is 4.90. The fourth-order valence-corrected chi connectivity index (χ4v) is 1.23. The molecule has 0 bridgehead atoms. The van der Waals surface area contributed by atoms with Crippen LogP contribution in [-0.4, -0.2) is 12.2 Å². The van der Waals surface area contributed by atoms with Crippen molar-refractivity contribution in [3.05, 3.63) is 25.3 Å². The van der Waals surface area contributed by atoms with Gasteiger partial charge in [0.2, 0.25) is 0 Å². The van der Waals surface area contributed by atoms with E-state index in [1.165, 1.54) is 6.42 Å². The van der Waals surface area contributed by atoms with Crippen molar-refractivity contribution in [2.75, 3.05) is 0 Å². The first kappa shape index (κ1) is 19.1. The van der Waals surface area contributed by atoms with Gasteiger partial charge in [0, 0.05) is 0 Å². The second-order valence-electron chi connectivity index (χ2n) is 2.62. The Balaban J connectivity index is -0.000000284. The van der Waals surface area contributed by atoms with Gasteiger partial charge in [0.15, 0.2) is 0 Å². The van der Waals surface area contributed by atoms with Gasteiger partial charge in [-0.1, -0.05) is 40.9 Å². The Bertz CT molecular complexity index is 115. The first-order valence-electron chi connectivity index (χ1n) is 4.77. The maximum Gasteiger partial charge on any atom is 0.0761 e. The summed E-state index contributed by atoms with van der Waals surface area (Å²) in [6.07, 6.45) is 7.73. The fraction of sp³-hybridized carbons (Fsp3) is 0.692. The minimum atomic E-state index is 0. The maximum atomic E-state index is 5.55. The van der Waals surface area contributed by atoms with Crippen LogP contribution in [0.3, 0.4) is 0 Å². The SMILES string of the molecule is C.C.C=CC1CCCC(C=C)O1.CC. The van der Waals surface area contributed by atoms with Crippen LogP contribution < -0.4 is 0 Å². The van der Waals surface area contributed by atoms with E-state index in [1.54, 1.807) is 0 Å². The molecule has 2 atom stereocenters. The summed E-state index contributed by atoms with van der Waals surface area (Å²) in [5.41, 5.74) is 0. The molecule has 1 nitrogen and oxygen atoms in total. The van der Waals surface area contributed by atoms with Crippen LogP contribution in [0.15, 0.2) is 25.3 Å². The molecule has 0 aromatic heterocycles. The van der Waals surface area contributed by atoms with Gasteiger partial charge >= 0.3 is 0 Å². The zero-order valence-corrected chi connectivity index (χ0v) is 8.25. The Labute approximate surface area is 90.9 Å². The lowest BCUT2D eigenvalue weighted by Crippen LogP contribution is -2.23. The number of hydrogen-bond donors (Lipinski definition) is 0. The molecular formula is C13H28O. The molecule has 1 aliphatic heterocycles. The number of hydrogen-bond acceptors (Lipinski definition) is 1. The van der Waals surface area contributed by atoms with E-state index >= 15 is 0 Å². The van der Waals surface area contributed by atoms with Gasteiger partial charge < -0.3 is 4.74 Å². The van der Waals surface area contributed by atoms with Crippen molar-refractivity contribution in [2.45, 2.75) is 60.2 Å². The van der Waals surface area contributed by atoms with E-state index in [-0.39, 0.29) is 27.1 Å². The smallest absolute Gasteiger partial charge is 0.0761 e. The Morgan fingerprint density at radius 3 is 1.64 bits per heavy atom. The molecule has 1 heterocycles. The molecule has 0 aliphatic carbocycles. The van der Waals surface area contributed by atoms with Gasteiger partial charge in [0.05, 0.1) is 12.2 Å². The molecule has 0 aromatic rings. The molecule has 0 spiro atoms. The molecule has 86 valence electrons. The van der Waals surface area contributed by atoms with E-state index in [1.807, 2.05) is 26.0 Å². The number of ether oxygens (including phenoxy) is 1. The zero-order chi connectivity index (χ0) is 9.40. The van der Waals surface area contributed by atoms with Crippen LogP contribution in [0, 0.1) is 0 Å². The van der Waals surface area contributed by atoms with Gasteiger partial charge in [0.1, 0.15) is 0 Å². The summed E-state index contributed by atoms with van der Waals surface area (Å²) >= 11 is 0. The van der Waals surface area contributed by atoms with Gasteiger partial charge in [-0.25, -0.2) is 0 Å². The molecular weight excluding hydrogens is 172 g/mol. The monoisotopic (exact) mass is 200 g/mol. The highest BCUT2D eigenvalue weighted by atomic mass is 16.5. The van der Waals surface area contributed by atoms with Crippen molar-refractivity contribution >= 4 is 0 Å². The van der Waals surface area contributed by atoms with Crippen LogP contribution in [0.25, 0.3) is 0 Å². The average molecular weight is 200 g/mol. The van der Waals surface area contributed by atoms with Crippen molar-refractivity contribution in [1.29, 1.82) is 0 Å². The fourth-order valence-electron chi connectivity index (χ4n) is 1.23. The molecule has 1 saturated heterocycles. The minimum Gasteiger partial charge on any atom is -0.367 e. The van der Waals surface area contributed by atoms with E-state index in [0.29, 0.717) is 0 Å². The molecule has 0 radical (unpaired) electrons. The third-order valence-corrected chi connectivity index (χ3v) is 1.85. The minimum absolute atomic E-state index is 0. The van der Waals surface area contributed by atoms with E-state index in [0.717, 1.165) is 12.8 Å². The summed E-state index contributed by atoms with van der Waals surface area (Å²) in [5, 5.41) is 0. The Hall–Kier alpha value is -0.560. The van der Waals surface area contributed by atoms with Crippen LogP contribution in [0.2, 0.25) is 0 Å². The molecule has 0 N–H and O–H groups in total. The highest BCUT2D eigenvalue weighted by Crippen LogP contribution is 2.19. The lowest BCUT2D eigenvalue weighted by molar-refractivity contribution is 0.00230. The van der Waals surface area contributed by atoms with E-state index in [9.17, 15) is 0 Å². The van der Waals surface area contributed by atoms with Gasteiger partial charge in [-0.05, 0) is 19.3 Å². The zero-order valence-electron chi connectivity index (χ0n) is 8.25. The van der Waals surface area contributed by atoms with Crippen LogP contribution in [0.5, 0.6) is 0 Å². The molecule has 1 aliphatic rings.